The molecule has 0 aliphatic carbocycles. The van der Waals surface area contributed by atoms with E-state index < -0.39 is 12.0 Å². The average Bonchev–Trinajstić information content (AvgIpc) is 3.54. The Morgan fingerprint density at radius 2 is 1.91 bits per heavy atom. The number of thiazole rings is 1. The summed E-state index contributed by atoms with van der Waals surface area (Å²) >= 11 is 6.06. The maximum atomic E-state index is 14.2. The second-order valence-corrected chi connectivity index (χ2v) is 13.3. The van der Waals surface area contributed by atoms with Gasteiger partial charge in [-0.25, -0.2) is 19.8 Å². The predicted molar refractivity (Wildman–Crippen MR) is 181 cm³/mol. The zero-order chi connectivity index (χ0) is 32.4. The van der Waals surface area contributed by atoms with Gasteiger partial charge in [-0.3, -0.25) is 9.36 Å². The highest BCUT2D eigenvalue weighted by atomic mass is 79.9. The normalized spacial score (nSPS) is 14.7. The van der Waals surface area contributed by atoms with Crippen LogP contribution in [0.5, 0.6) is 5.75 Å². The minimum atomic E-state index is -0.798. The molecule has 3 aromatic heterocycles. The molecule has 9 nitrogen and oxygen atoms in total. The second-order valence-electron chi connectivity index (χ2n) is 10.5. The van der Waals surface area contributed by atoms with Gasteiger partial charge in [0.15, 0.2) is 15.1 Å². The highest BCUT2D eigenvalue weighted by Gasteiger charge is 2.35. The van der Waals surface area contributed by atoms with Crippen LogP contribution >= 0.6 is 39.0 Å². The first-order valence-corrected chi connectivity index (χ1v) is 17.0. The van der Waals surface area contributed by atoms with Gasteiger partial charge in [0.05, 0.1) is 39.0 Å². The van der Waals surface area contributed by atoms with E-state index in [1.807, 2.05) is 81.4 Å². The molecule has 5 aromatic rings. The smallest absolute Gasteiger partial charge is 0.338 e. The Morgan fingerprint density at radius 1 is 1.15 bits per heavy atom. The fraction of sp³-hybridized carbons (Fsp3) is 0.206. The molecule has 0 N–H and O–H groups in total. The number of esters is 1. The molecule has 6 rings (SSSR count). The summed E-state index contributed by atoms with van der Waals surface area (Å²) in [4.78, 5) is 42.0. The summed E-state index contributed by atoms with van der Waals surface area (Å²) in [6.45, 7) is 7.72. The third kappa shape index (κ3) is 6.64. The van der Waals surface area contributed by atoms with E-state index >= 15 is 0 Å². The lowest BCUT2D eigenvalue weighted by atomic mass is 9.93. The minimum absolute atomic E-state index is 0.00640. The average molecular weight is 718 g/mol. The molecule has 1 aliphatic rings. The number of fused-ring (bicyclic) bond motifs is 1. The van der Waals surface area contributed by atoms with E-state index in [2.05, 4.69) is 25.9 Å². The number of nitrogens with zero attached hydrogens (tertiary/aromatic N) is 4. The fourth-order valence-electron chi connectivity index (χ4n) is 4.95. The Balaban J connectivity index is 1.51. The molecule has 0 fully saturated rings. The number of ether oxygens (including phenoxy) is 2. The maximum Gasteiger partial charge on any atom is 0.338 e. The SMILES string of the molecule is CCOC(=O)C1=C(c2ccccc2)N=c2s/c(=C\c3cc(Br)c(Sc4nccc(C)n4)o3)c(=O)n2[C@H]1c1ccc(OC(C)C)cc1. The molecule has 0 amide bonds. The Labute approximate surface area is 281 Å². The first kappa shape index (κ1) is 31.7. The topological polar surface area (TPSA) is 109 Å². The Kier molecular flexibility index (Phi) is 9.39. The largest absolute Gasteiger partial charge is 0.491 e. The molecule has 2 aromatic carbocycles. The van der Waals surface area contributed by atoms with Gasteiger partial charge in [0.25, 0.3) is 5.56 Å². The van der Waals surface area contributed by atoms with E-state index in [4.69, 9.17) is 18.9 Å². The predicted octanol–water partition coefficient (Wildman–Crippen LogP) is 6.33. The van der Waals surface area contributed by atoms with E-state index in [-0.39, 0.29) is 23.8 Å². The summed E-state index contributed by atoms with van der Waals surface area (Å²) in [5.41, 5.74) is 2.72. The number of aromatic nitrogens is 3. The summed E-state index contributed by atoms with van der Waals surface area (Å²) in [5.74, 6) is 0.609. The van der Waals surface area contributed by atoms with Gasteiger partial charge in [-0.1, -0.05) is 53.8 Å². The summed E-state index contributed by atoms with van der Waals surface area (Å²) in [6, 6.07) is 19.7. The van der Waals surface area contributed by atoms with Crippen LogP contribution in [0.2, 0.25) is 0 Å². The monoisotopic (exact) mass is 716 g/mol. The number of hydrogen-bond acceptors (Lipinski definition) is 10. The van der Waals surface area contributed by atoms with E-state index in [9.17, 15) is 9.59 Å². The lowest BCUT2D eigenvalue weighted by Crippen LogP contribution is -2.40. The number of halogens is 1. The van der Waals surface area contributed by atoms with Gasteiger partial charge in [0, 0.05) is 23.5 Å². The molecule has 0 radical (unpaired) electrons. The summed E-state index contributed by atoms with van der Waals surface area (Å²) in [5, 5.41) is 1.10. The molecule has 234 valence electrons. The van der Waals surface area contributed by atoms with Gasteiger partial charge >= 0.3 is 5.97 Å². The Morgan fingerprint density at radius 3 is 2.61 bits per heavy atom. The molecule has 1 aliphatic heterocycles. The molecule has 12 heteroatoms. The molecule has 0 saturated heterocycles. The van der Waals surface area contributed by atoms with Crippen LogP contribution in [-0.4, -0.2) is 33.2 Å². The molecule has 4 heterocycles. The van der Waals surface area contributed by atoms with Crippen molar-refractivity contribution in [2.45, 2.75) is 50.1 Å². The van der Waals surface area contributed by atoms with Crippen LogP contribution in [0.4, 0.5) is 0 Å². The summed E-state index contributed by atoms with van der Waals surface area (Å²) in [7, 11) is 0. The second kappa shape index (κ2) is 13.6. The van der Waals surface area contributed by atoms with Crippen LogP contribution in [0.3, 0.4) is 0 Å². The van der Waals surface area contributed by atoms with Crippen molar-refractivity contribution < 1.29 is 18.7 Å². The number of furan rings is 1. The van der Waals surface area contributed by atoms with Crippen LogP contribution in [-0.2, 0) is 9.53 Å². The molecule has 46 heavy (non-hydrogen) atoms. The first-order chi connectivity index (χ1) is 22.2. The number of aryl methyl sites for hydroxylation is 1. The Hall–Kier alpha value is -4.26. The molecular weight excluding hydrogens is 688 g/mol. The van der Waals surface area contributed by atoms with Crippen LogP contribution < -0.4 is 19.6 Å². The van der Waals surface area contributed by atoms with Gasteiger partial charge < -0.3 is 13.9 Å². The van der Waals surface area contributed by atoms with Gasteiger partial charge in [-0.15, -0.1) is 0 Å². The van der Waals surface area contributed by atoms with Crippen LogP contribution in [0, 0.1) is 6.92 Å². The number of benzene rings is 2. The number of carbonyl (C=O) groups excluding carboxylic acids is 1. The number of rotatable bonds is 9. The molecule has 0 unspecified atom stereocenters. The van der Waals surface area contributed by atoms with Crippen LogP contribution in [0.1, 0.15) is 49.4 Å². The standard InChI is InChI=1S/C34H29BrN4O5S2/c1-5-42-31(41)27-28(21-9-7-6-8-10-21)38-34-39(29(27)22-11-13-23(14-12-22)43-19(2)3)30(40)26(45-34)18-24-17-25(35)32(44-24)46-33-36-16-15-20(4)37-33/h6-19,29H,5H2,1-4H3/b26-18-/t29-/m0/s1. The molecule has 0 saturated carbocycles. The van der Waals surface area contributed by atoms with E-state index in [0.717, 1.165) is 11.3 Å². The van der Waals surface area contributed by atoms with Crippen molar-refractivity contribution in [1.29, 1.82) is 0 Å². The molecule has 0 spiro atoms. The highest BCUT2D eigenvalue weighted by Crippen LogP contribution is 2.37. The van der Waals surface area contributed by atoms with Crippen molar-refractivity contribution in [2.75, 3.05) is 6.61 Å². The zero-order valence-corrected chi connectivity index (χ0v) is 28.6. The van der Waals surface area contributed by atoms with Crippen molar-refractivity contribution in [3.8, 4) is 5.75 Å². The van der Waals surface area contributed by atoms with Crippen molar-refractivity contribution in [3.05, 3.63) is 125 Å². The fourth-order valence-corrected chi connectivity index (χ4v) is 7.25. The van der Waals surface area contributed by atoms with Crippen LogP contribution in [0.25, 0.3) is 11.8 Å². The first-order valence-electron chi connectivity index (χ1n) is 14.5. The maximum absolute atomic E-state index is 14.2. The van der Waals surface area contributed by atoms with Gasteiger partial charge in [-0.05, 0) is 85.2 Å². The molecular formula is C34H29BrN4O5S2. The molecule has 1 atom stereocenters. The number of carbonyl (C=O) groups is 1. The van der Waals surface area contributed by atoms with Crippen molar-refractivity contribution >= 4 is 56.8 Å². The molecule has 0 bridgehead atoms. The van der Waals surface area contributed by atoms with Gasteiger partial charge in [-0.2, -0.15) is 0 Å². The van der Waals surface area contributed by atoms with Crippen molar-refractivity contribution in [3.63, 3.8) is 0 Å². The van der Waals surface area contributed by atoms with Gasteiger partial charge in [0.1, 0.15) is 11.5 Å². The summed E-state index contributed by atoms with van der Waals surface area (Å²) in [6.07, 6.45) is 3.37. The minimum Gasteiger partial charge on any atom is -0.491 e. The van der Waals surface area contributed by atoms with E-state index in [1.54, 1.807) is 29.8 Å². The summed E-state index contributed by atoms with van der Waals surface area (Å²) < 4.78 is 20.2. The van der Waals surface area contributed by atoms with Crippen LogP contribution in [0.15, 0.2) is 107 Å². The van der Waals surface area contributed by atoms with Crippen molar-refractivity contribution in [1.82, 2.24) is 14.5 Å². The lowest BCUT2D eigenvalue weighted by Gasteiger charge is -2.26. The number of hydrogen-bond donors (Lipinski definition) is 0. The third-order valence-corrected chi connectivity index (χ3v) is 9.55. The highest BCUT2D eigenvalue weighted by molar-refractivity contribution is 9.10. The van der Waals surface area contributed by atoms with Crippen molar-refractivity contribution in [2.24, 2.45) is 4.99 Å². The zero-order valence-electron chi connectivity index (χ0n) is 25.4. The lowest BCUT2D eigenvalue weighted by molar-refractivity contribution is -0.138. The van der Waals surface area contributed by atoms with E-state index in [0.29, 0.717) is 46.8 Å². The van der Waals surface area contributed by atoms with Gasteiger partial charge in [0.2, 0.25) is 0 Å². The third-order valence-electron chi connectivity index (χ3n) is 6.85. The Bertz CT molecular complexity index is 2120. The quantitative estimate of drug-likeness (QED) is 0.129. The van der Waals surface area contributed by atoms with E-state index in [1.165, 1.54) is 23.1 Å².